The van der Waals surface area contributed by atoms with Crippen LogP contribution in [0, 0.1) is 0 Å². The Morgan fingerprint density at radius 2 is 0.586 bits per heavy atom. The first-order chi connectivity index (χ1) is 12.7. The van der Waals surface area contributed by atoms with Crippen LogP contribution in [0.2, 0.25) is 0 Å². The molecule has 0 amide bonds. The van der Waals surface area contributed by atoms with Crippen molar-refractivity contribution in [2.75, 3.05) is 26.4 Å². The Kier molecular flexibility index (Phi) is 31.8. The van der Waals surface area contributed by atoms with Gasteiger partial charge in [-0.2, -0.15) is 0 Å². The minimum absolute atomic E-state index is 0. The fourth-order valence-electron chi connectivity index (χ4n) is 0.298. The normalized spacial score (nSPS) is 13.0. The summed E-state index contributed by atoms with van der Waals surface area (Å²) < 4.78 is 0. The first-order valence-electron chi connectivity index (χ1n) is 6.72. The van der Waals surface area contributed by atoms with Crippen LogP contribution in [0.3, 0.4) is 0 Å². The predicted octanol–water partition coefficient (Wildman–Crippen LogP) is -11.6. The van der Waals surface area contributed by atoms with E-state index in [2.05, 4.69) is 0 Å². The van der Waals surface area contributed by atoms with Crippen LogP contribution >= 0.6 is 0 Å². The summed E-state index contributed by atoms with van der Waals surface area (Å²) in [6, 6.07) is 0. The molecule has 29 heavy (non-hydrogen) atoms. The van der Waals surface area contributed by atoms with Gasteiger partial charge in [-0.3, -0.25) is 0 Å². The molecule has 8 N–H and O–H groups in total. The van der Waals surface area contributed by atoms with E-state index in [1.807, 2.05) is 0 Å². The number of aliphatic hydroxyl groups is 8. The summed E-state index contributed by atoms with van der Waals surface area (Å²) in [6.07, 6.45) is -6.94. The first-order valence-corrected chi connectivity index (χ1v) is 6.72. The molecular formula is C12H20O16W-4. The van der Waals surface area contributed by atoms with E-state index < -0.39 is 74.7 Å². The molecule has 17 heteroatoms. The van der Waals surface area contributed by atoms with E-state index in [4.69, 9.17) is 40.9 Å². The zero-order chi connectivity index (χ0) is 23.4. The Balaban J connectivity index is -0.0000000873. The maximum Gasteiger partial charge on any atom is 0.116 e. The molecule has 0 aromatic heterocycles. The molecule has 0 rings (SSSR count). The van der Waals surface area contributed by atoms with Gasteiger partial charge in [0, 0.05) is 21.1 Å². The van der Waals surface area contributed by atoms with Crippen LogP contribution in [0.15, 0.2) is 0 Å². The van der Waals surface area contributed by atoms with Crippen LogP contribution in [-0.2, 0) is 40.2 Å². The van der Waals surface area contributed by atoms with E-state index >= 15 is 0 Å². The Morgan fingerprint density at radius 1 is 0.483 bits per heavy atom. The van der Waals surface area contributed by atoms with Gasteiger partial charge < -0.3 is 80.5 Å². The number of aliphatic hydroxyl groups excluding tert-OH is 8. The van der Waals surface area contributed by atoms with Crippen molar-refractivity contribution in [2.24, 2.45) is 0 Å². The van der Waals surface area contributed by atoms with Gasteiger partial charge in [0.25, 0.3) is 0 Å². The third-order valence-electron chi connectivity index (χ3n) is 1.78. The third-order valence-corrected chi connectivity index (χ3v) is 1.78. The molecule has 0 spiro atoms. The minimum atomic E-state index is -1.74. The van der Waals surface area contributed by atoms with Gasteiger partial charge in [0.2, 0.25) is 0 Å². The molecule has 0 aliphatic rings. The van der Waals surface area contributed by atoms with Crippen LogP contribution in [0.25, 0.3) is 0 Å². The van der Waals surface area contributed by atoms with Gasteiger partial charge in [0.1, 0.15) is 24.4 Å². The molecule has 174 valence electrons. The number of carbonyl (C=O) groups excluding carboxylic acids is 4. The number of aliphatic carboxylic acids is 4. The fraction of sp³-hybridized carbons (Fsp3) is 0.667. The second-order valence-electron chi connectivity index (χ2n) is 4.07. The van der Waals surface area contributed by atoms with Gasteiger partial charge in [-0.05, 0) is 0 Å². The molecule has 16 nitrogen and oxygen atoms in total. The summed E-state index contributed by atoms with van der Waals surface area (Å²) in [4.78, 5) is 37.6. The van der Waals surface area contributed by atoms with Gasteiger partial charge in [0.05, 0.1) is 50.3 Å². The zero-order valence-electron chi connectivity index (χ0n) is 14.4. The smallest absolute Gasteiger partial charge is 0.116 e. The average molecular weight is 604 g/mol. The summed E-state index contributed by atoms with van der Waals surface area (Å²) in [5, 5.41) is 101. The fourth-order valence-corrected chi connectivity index (χ4v) is 0.298. The van der Waals surface area contributed by atoms with Crippen molar-refractivity contribution in [1.82, 2.24) is 0 Å². The van der Waals surface area contributed by atoms with Gasteiger partial charge in [-0.1, -0.05) is 0 Å². The number of carboxylic acids is 4. The van der Waals surface area contributed by atoms with Crippen molar-refractivity contribution in [2.45, 2.75) is 24.4 Å². The molecule has 0 heterocycles. The predicted molar refractivity (Wildman–Crippen MR) is 72.4 cm³/mol. The van der Waals surface area contributed by atoms with E-state index in [0.717, 1.165) is 0 Å². The van der Waals surface area contributed by atoms with Crippen LogP contribution in [-0.4, -0.2) is 116 Å². The monoisotopic (exact) mass is 604 g/mol. The third kappa shape index (κ3) is 31.2. The molecule has 0 radical (unpaired) electrons. The van der Waals surface area contributed by atoms with Gasteiger partial charge in [-0.15, -0.1) is 0 Å². The van der Waals surface area contributed by atoms with E-state index in [0.29, 0.717) is 0 Å². The zero-order valence-corrected chi connectivity index (χ0v) is 17.3. The summed E-state index contributed by atoms with van der Waals surface area (Å²) in [5.41, 5.74) is 0. The Morgan fingerprint density at radius 3 is 0.586 bits per heavy atom. The van der Waals surface area contributed by atoms with Crippen LogP contribution in [0.5, 0.6) is 0 Å². The molecule has 4 atom stereocenters. The number of hydrogen-bond acceptors (Lipinski definition) is 16. The second kappa shape index (κ2) is 24.3. The van der Waals surface area contributed by atoms with Gasteiger partial charge in [-0.25, -0.2) is 0 Å². The topological polar surface area (TPSA) is 322 Å². The maximum atomic E-state index is 9.41. The van der Waals surface area contributed by atoms with Crippen LogP contribution in [0.1, 0.15) is 0 Å². The molecule has 0 saturated heterocycles. The van der Waals surface area contributed by atoms with Crippen molar-refractivity contribution >= 4 is 23.9 Å². The van der Waals surface area contributed by atoms with Crippen molar-refractivity contribution < 1.29 is 102 Å². The molecule has 0 aromatic rings. The Bertz CT molecular complexity index is 364. The van der Waals surface area contributed by atoms with Crippen molar-refractivity contribution in [3.63, 3.8) is 0 Å². The number of hydrogen-bond donors (Lipinski definition) is 8. The number of carbonyl (C=O) groups is 4. The molecule has 0 fully saturated rings. The summed E-state index contributed by atoms with van der Waals surface area (Å²) in [7, 11) is 0. The maximum absolute atomic E-state index is 9.41. The van der Waals surface area contributed by atoms with Crippen molar-refractivity contribution in [3.8, 4) is 0 Å². The summed E-state index contributed by atoms with van der Waals surface area (Å²) >= 11 is 0. The van der Waals surface area contributed by atoms with E-state index in [1.165, 1.54) is 0 Å². The van der Waals surface area contributed by atoms with Crippen LogP contribution < -0.4 is 20.4 Å². The molecular weight excluding hydrogens is 584 g/mol. The molecule has 4 unspecified atom stereocenters. The number of carboxylic acid groups (broad SMARTS) is 4. The molecule has 0 saturated carbocycles. The largest absolute Gasteiger partial charge is 0.547 e. The second-order valence-corrected chi connectivity index (χ2v) is 4.07. The SMILES string of the molecule is O=C([O-])C(O)CO.O=C([O-])C(O)CO.O=C([O-])C(O)CO.O=C([O-])C(O)CO.[W]. The van der Waals surface area contributed by atoms with E-state index in [1.54, 1.807) is 0 Å². The van der Waals surface area contributed by atoms with E-state index in [-0.39, 0.29) is 21.1 Å². The Labute approximate surface area is 176 Å². The minimum Gasteiger partial charge on any atom is -0.547 e. The van der Waals surface area contributed by atoms with Crippen molar-refractivity contribution in [1.29, 1.82) is 0 Å². The van der Waals surface area contributed by atoms with Crippen molar-refractivity contribution in [3.05, 3.63) is 0 Å². The average Bonchev–Trinajstić information content (AvgIpc) is 2.66. The summed E-state index contributed by atoms with van der Waals surface area (Å²) in [5.74, 6) is -6.60. The molecule has 0 aromatic carbocycles. The molecule has 0 aliphatic heterocycles. The Hall–Kier alpha value is -1.75. The van der Waals surface area contributed by atoms with E-state index in [9.17, 15) is 39.6 Å². The number of rotatable bonds is 8. The van der Waals surface area contributed by atoms with Crippen LogP contribution in [0.4, 0.5) is 0 Å². The quantitative estimate of drug-likeness (QED) is 0.127. The standard InChI is InChI=1S/4C3H6O4.W/c4*4-1-2(5)3(6)7;/h4*2,4-5H,1H2,(H,6,7);/p-4. The first kappa shape index (κ1) is 37.9. The van der Waals surface area contributed by atoms with Gasteiger partial charge in [0.15, 0.2) is 0 Å². The molecule has 0 bridgehead atoms. The molecule has 0 aliphatic carbocycles. The summed E-state index contributed by atoms with van der Waals surface area (Å²) in [6.45, 7) is -3.16. The van der Waals surface area contributed by atoms with Gasteiger partial charge >= 0.3 is 0 Å².